The molecular weight excluding hydrogens is 436 g/mol. The normalized spacial score (nSPS) is 27.4. The number of allylic oxidation sites excluding steroid dienone is 2. The maximum atomic E-state index is 12.6. The summed E-state index contributed by atoms with van der Waals surface area (Å²) in [6, 6.07) is 0. The van der Waals surface area contributed by atoms with Gasteiger partial charge in [-0.15, -0.1) is 11.3 Å². The van der Waals surface area contributed by atoms with Crippen LogP contribution in [-0.4, -0.2) is 40.7 Å². The molecule has 0 unspecified atom stereocenters. The number of nitrogens with zero attached hydrogens (tertiary/aromatic N) is 1. The standard InChI is InChI=1S/C26H38N2O4S/c29-23(30)13-6-2-5-12-19-21-14-15-22(32-21)24(19)26-28-20(17-33-26)25(31)27-16-8-7-11-18-9-3-1-4-10-18/h2,5,17-19,21-22,24H,1,3-4,6-16H2,(H,27,31)(H,29,30)/b5-2-/t19-,21-,22+,24-/m0/s1. The van der Waals surface area contributed by atoms with E-state index >= 15 is 0 Å². The number of fused-ring (bicyclic) bond motifs is 2. The Morgan fingerprint density at radius 2 is 1.94 bits per heavy atom. The highest BCUT2D eigenvalue weighted by Gasteiger charge is 2.50. The van der Waals surface area contributed by atoms with Crippen LogP contribution in [0.15, 0.2) is 17.5 Å². The van der Waals surface area contributed by atoms with Gasteiger partial charge in [-0.3, -0.25) is 9.59 Å². The summed E-state index contributed by atoms with van der Waals surface area (Å²) in [6.45, 7) is 0.722. The second kappa shape index (κ2) is 12.1. The molecule has 2 aliphatic heterocycles. The molecule has 1 aromatic rings. The fourth-order valence-electron chi connectivity index (χ4n) is 5.87. The number of hydrogen-bond donors (Lipinski definition) is 2. The van der Waals surface area contributed by atoms with E-state index in [2.05, 4.69) is 11.4 Å². The van der Waals surface area contributed by atoms with Crippen molar-refractivity contribution >= 4 is 23.2 Å². The quantitative estimate of drug-likeness (QED) is 0.300. The zero-order chi connectivity index (χ0) is 23.0. The molecular formula is C26H38N2O4S. The van der Waals surface area contributed by atoms with Crippen molar-refractivity contribution in [3.05, 3.63) is 28.2 Å². The van der Waals surface area contributed by atoms with Crippen molar-refractivity contribution in [1.29, 1.82) is 0 Å². The Balaban J connectivity index is 1.23. The average Bonchev–Trinajstić information content (AvgIpc) is 3.55. The van der Waals surface area contributed by atoms with E-state index in [0.29, 0.717) is 18.0 Å². The van der Waals surface area contributed by atoms with E-state index in [4.69, 9.17) is 14.8 Å². The first-order chi connectivity index (χ1) is 16.1. The van der Waals surface area contributed by atoms with Crippen molar-refractivity contribution in [1.82, 2.24) is 10.3 Å². The van der Waals surface area contributed by atoms with Crippen molar-refractivity contribution < 1.29 is 19.4 Å². The highest BCUT2D eigenvalue weighted by atomic mass is 32.1. The Morgan fingerprint density at radius 3 is 2.76 bits per heavy atom. The molecule has 1 aromatic heterocycles. The van der Waals surface area contributed by atoms with Crippen molar-refractivity contribution in [2.45, 2.75) is 102 Å². The van der Waals surface area contributed by atoms with E-state index < -0.39 is 5.97 Å². The Labute approximate surface area is 201 Å². The first-order valence-electron chi connectivity index (χ1n) is 12.9. The molecule has 33 heavy (non-hydrogen) atoms. The van der Waals surface area contributed by atoms with Crippen LogP contribution in [-0.2, 0) is 9.53 Å². The van der Waals surface area contributed by atoms with Gasteiger partial charge >= 0.3 is 5.97 Å². The number of aromatic nitrogens is 1. The molecule has 2 bridgehead atoms. The van der Waals surface area contributed by atoms with Crippen molar-refractivity contribution in [3.63, 3.8) is 0 Å². The third-order valence-electron chi connectivity index (χ3n) is 7.61. The molecule has 0 radical (unpaired) electrons. The first-order valence-corrected chi connectivity index (χ1v) is 13.8. The SMILES string of the molecule is O=C(O)CC/C=C\C[C@@H]1[C@H](c2nc(C(=O)NCCCCC3CCCCC3)cs2)[C@H]2CC[C@@H]1O2. The van der Waals surface area contributed by atoms with Crippen molar-refractivity contribution in [3.8, 4) is 0 Å². The molecule has 1 amide bonds. The van der Waals surface area contributed by atoms with Crippen LogP contribution in [0.1, 0.15) is 105 Å². The maximum Gasteiger partial charge on any atom is 0.303 e. The Morgan fingerprint density at radius 1 is 1.12 bits per heavy atom. The molecule has 1 aliphatic carbocycles. The van der Waals surface area contributed by atoms with Gasteiger partial charge in [0, 0.05) is 30.2 Å². The van der Waals surface area contributed by atoms with Crippen LogP contribution < -0.4 is 5.32 Å². The summed E-state index contributed by atoms with van der Waals surface area (Å²) in [5.41, 5.74) is 0.529. The molecule has 2 saturated heterocycles. The molecule has 7 heteroatoms. The number of hydrogen-bond acceptors (Lipinski definition) is 5. The summed E-state index contributed by atoms with van der Waals surface area (Å²) in [5, 5.41) is 14.7. The highest BCUT2D eigenvalue weighted by molar-refractivity contribution is 7.10. The first kappa shape index (κ1) is 24.4. The fourth-order valence-corrected chi connectivity index (χ4v) is 6.89. The smallest absolute Gasteiger partial charge is 0.303 e. The molecule has 2 N–H and O–H groups in total. The van der Waals surface area contributed by atoms with Gasteiger partial charge < -0.3 is 15.2 Å². The fraction of sp³-hybridized carbons (Fsp3) is 0.731. The van der Waals surface area contributed by atoms with E-state index in [1.54, 1.807) is 11.3 Å². The number of amides is 1. The van der Waals surface area contributed by atoms with E-state index in [1.807, 2.05) is 11.5 Å². The predicted molar refractivity (Wildman–Crippen MR) is 130 cm³/mol. The monoisotopic (exact) mass is 474 g/mol. The predicted octanol–water partition coefficient (Wildman–Crippen LogP) is 5.70. The van der Waals surface area contributed by atoms with E-state index in [-0.39, 0.29) is 30.5 Å². The molecule has 182 valence electrons. The van der Waals surface area contributed by atoms with Gasteiger partial charge in [0.05, 0.1) is 17.2 Å². The van der Waals surface area contributed by atoms with E-state index in [9.17, 15) is 9.59 Å². The molecule has 3 heterocycles. The number of ether oxygens (including phenoxy) is 1. The summed E-state index contributed by atoms with van der Waals surface area (Å²) in [7, 11) is 0. The van der Waals surface area contributed by atoms with Crippen molar-refractivity contribution in [2.24, 2.45) is 11.8 Å². The maximum absolute atomic E-state index is 12.6. The number of carboxylic acid groups (broad SMARTS) is 1. The lowest BCUT2D eigenvalue weighted by Crippen LogP contribution is -2.26. The molecule has 4 rings (SSSR count). The summed E-state index contributed by atoms with van der Waals surface area (Å²) in [6.07, 6.45) is 18.7. The average molecular weight is 475 g/mol. The minimum absolute atomic E-state index is 0.0654. The van der Waals surface area contributed by atoms with Gasteiger partial charge in [-0.1, -0.05) is 57.1 Å². The third kappa shape index (κ3) is 6.66. The molecule has 3 aliphatic rings. The summed E-state index contributed by atoms with van der Waals surface area (Å²) in [5.74, 6) is 0.657. The lowest BCUT2D eigenvalue weighted by Gasteiger charge is -2.25. The van der Waals surface area contributed by atoms with Crippen LogP contribution in [0.2, 0.25) is 0 Å². The number of nitrogens with one attached hydrogen (secondary N) is 1. The zero-order valence-corrected chi connectivity index (χ0v) is 20.4. The van der Waals surface area contributed by atoms with Crippen LogP contribution in [0.25, 0.3) is 0 Å². The molecule has 1 saturated carbocycles. The van der Waals surface area contributed by atoms with Gasteiger partial charge in [-0.2, -0.15) is 0 Å². The lowest BCUT2D eigenvalue weighted by atomic mass is 9.77. The molecule has 6 nitrogen and oxygen atoms in total. The van der Waals surface area contributed by atoms with Gasteiger partial charge in [-0.05, 0) is 38.0 Å². The molecule has 0 aromatic carbocycles. The Bertz CT molecular complexity index is 817. The molecule has 0 spiro atoms. The number of carbonyl (C=O) groups excluding carboxylic acids is 1. The van der Waals surface area contributed by atoms with Gasteiger partial charge in [-0.25, -0.2) is 4.98 Å². The minimum Gasteiger partial charge on any atom is -0.481 e. The van der Waals surface area contributed by atoms with Gasteiger partial charge in [0.25, 0.3) is 5.91 Å². The lowest BCUT2D eigenvalue weighted by molar-refractivity contribution is -0.136. The summed E-state index contributed by atoms with van der Waals surface area (Å²) < 4.78 is 6.20. The van der Waals surface area contributed by atoms with Crippen LogP contribution in [0.5, 0.6) is 0 Å². The van der Waals surface area contributed by atoms with Crippen LogP contribution >= 0.6 is 11.3 Å². The molecule has 4 atom stereocenters. The zero-order valence-electron chi connectivity index (χ0n) is 19.5. The van der Waals surface area contributed by atoms with Crippen LogP contribution in [0, 0.1) is 11.8 Å². The number of aliphatic carboxylic acids is 1. The molecule has 3 fully saturated rings. The largest absolute Gasteiger partial charge is 0.481 e. The Hall–Kier alpha value is -1.73. The van der Waals surface area contributed by atoms with E-state index in [0.717, 1.165) is 43.2 Å². The topological polar surface area (TPSA) is 88.5 Å². The number of carboxylic acids is 1. The van der Waals surface area contributed by atoms with Gasteiger partial charge in [0.15, 0.2) is 0 Å². The van der Waals surface area contributed by atoms with E-state index in [1.165, 1.54) is 44.9 Å². The number of thiazole rings is 1. The van der Waals surface area contributed by atoms with Gasteiger partial charge in [0.1, 0.15) is 5.69 Å². The van der Waals surface area contributed by atoms with Crippen molar-refractivity contribution in [2.75, 3.05) is 6.54 Å². The minimum atomic E-state index is -0.765. The number of unbranched alkanes of at least 4 members (excludes halogenated alkanes) is 1. The van der Waals surface area contributed by atoms with Crippen LogP contribution in [0.3, 0.4) is 0 Å². The Kier molecular flexibility index (Phi) is 8.96. The van der Waals surface area contributed by atoms with Crippen LogP contribution in [0.4, 0.5) is 0 Å². The van der Waals surface area contributed by atoms with Gasteiger partial charge in [0.2, 0.25) is 0 Å². The summed E-state index contributed by atoms with van der Waals surface area (Å²) >= 11 is 1.57. The second-order valence-electron chi connectivity index (χ2n) is 9.95. The number of carbonyl (C=O) groups is 2. The highest BCUT2D eigenvalue weighted by Crippen LogP contribution is 2.50. The third-order valence-corrected chi connectivity index (χ3v) is 8.56. The number of rotatable bonds is 12. The second-order valence-corrected chi connectivity index (χ2v) is 10.8. The summed E-state index contributed by atoms with van der Waals surface area (Å²) in [4.78, 5) is 28.0.